The molecule has 0 fully saturated rings. The average molecular weight is 339 g/mol. The molecule has 0 aliphatic carbocycles. The number of nitrogens with zero attached hydrogens (tertiary/aromatic N) is 1. The molecule has 0 unspecified atom stereocenters. The lowest BCUT2D eigenvalue weighted by Gasteiger charge is -2.31. The summed E-state index contributed by atoms with van der Waals surface area (Å²) in [6, 6.07) is 15.7. The average Bonchev–Trinajstić information content (AvgIpc) is 2.65. The highest BCUT2D eigenvalue weighted by atomic mass is 16.6. The van der Waals surface area contributed by atoms with Gasteiger partial charge in [0, 0.05) is 13.1 Å². The fourth-order valence-electron chi connectivity index (χ4n) is 2.95. The minimum atomic E-state index is -0.587. The summed E-state index contributed by atoms with van der Waals surface area (Å²) >= 11 is 0. The monoisotopic (exact) mass is 339 g/mol. The molecular weight excluding hydrogens is 314 g/mol. The number of hydrogen-bond donors (Lipinski definition) is 0. The number of para-hydroxylation sites is 2. The Hall–Kier alpha value is -2.49. The van der Waals surface area contributed by atoms with Crippen molar-refractivity contribution in [1.82, 2.24) is 4.90 Å². The van der Waals surface area contributed by atoms with Crippen molar-refractivity contribution in [3.05, 3.63) is 59.7 Å². The first-order valence-corrected chi connectivity index (χ1v) is 8.91. The van der Waals surface area contributed by atoms with Gasteiger partial charge in [0.25, 0.3) is 5.91 Å². The summed E-state index contributed by atoms with van der Waals surface area (Å²) in [5.41, 5.74) is 2.37. The van der Waals surface area contributed by atoms with Crippen LogP contribution in [0.3, 0.4) is 0 Å². The van der Waals surface area contributed by atoms with E-state index in [2.05, 4.69) is 26.0 Å². The lowest BCUT2D eigenvalue weighted by molar-refractivity contribution is -0.142. The third-order valence-corrected chi connectivity index (χ3v) is 4.50. The highest BCUT2D eigenvalue weighted by Gasteiger charge is 2.31. The van der Waals surface area contributed by atoms with Crippen LogP contribution in [0.5, 0.6) is 11.5 Å². The number of carbonyl (C=O) groups excluding carboxylic acids is 1. The van der Waals surface area contributed by atoms with E-state index < -0.39 is 6.10 Å². The number of rotatable bonds is 6. The number of carbonyl (C=O) groups is 1. The van der Waals surface area contributed by atoms with Gasteiger partial charge in [-0.3, -0.25) is 4.79 Å². The molecule has 0 bridgehead atoms. The van der Waals surface area contributed by atoms with Crippen LogP contribution in [-0.4, -0.2) is 30.1 Å². The molecule has 0 radical (unpaired) electrons. The smallest absolute Gasteiger partial charge is 0.267 e. The lowest BCUT2D eigenvalue weighted by atomic mass is 10.1. The van der Waals surface area contributed by atoms with E-state index in [1.807, 2.05) is 41.3 Å². The van der Waals surface area contributed by atoms with Crippen molar-refractivity contribution in [2.75, 3.05) is 13.2 Å². The maximum atomic E-state index is 13.1. The van der Waals surface area contributed by atoms with Crippen LogP contribution in [-0.2, 0) is 11.3 Å². The zero-order valence-corrected chi connectivity index (χ0v) is 14.9. The van der Waals surface area contributed by atoms with Gasteiger partial charge in [-0.1, -0.05) is 49.7 Å². The maximum Gasteiger partial charge on any atom is 0.267 e. The van der Waals surface area contributed by atoms with E-state index in [-0.39, 0.29) is 12.5 Å². The van der Waals surface area contributed by atoms with Gasteiger partial charge in [-0.2, -0.15) is 0 Å². The van der Waals surface area contributed by atoms with Crippen LogP contribution in [0.15, 0.2) is 48.5 Å². The fraction of sp³-hybridized carbons (Fsp3) is 0.381. The molecular formula is C21H25NO3. The second-order valence-electron chi connectivity index (χ2n) is 6.40. The minimum absolute atomic E-state index is 0.00814. The van der Waals surface area contributed by atoms with Crippen molar-refractivity contribution in [2.24, 2.45) is 0 Å². The first-order valence-electron chi connectivity index (χ1n) is 8.91. The van der Waals surface area contributed by atoms with Gasteiger partial charge >= 0.3 is 0 Å². The number of benzene rings is 2. The van der Waals surface area contributed by atoms with Crippen molar-refractivity contribution in [3.63, 3.8) is 0 Å². The van der Waals surface area contributed by atoms with E-state index in [9.17, 15) is 4.79 Å². The van der Waals surface area contributed by atoms with E-state index in [4.69, 9.17) is 9.47 Å². The molecule has 25 heavy (non-hydrogen) atoms. The molecule has 1 aliphatic rings. The van der Waals surface area contributed by atoms with Gasteiger partial charge in [-0.05, 0) is 36.6 Å². The Morgan fingerprint density at radius 2 is 1.84 bits per heavy atom. The fourth-order valence-corrected chi connectivity index (χ4v) is 2.95. The van der Waals surface area contributed by atoms with Crippen LogP contribution < -0.4 is 9.47 Å². The van der Waals surface area contributed by atoms with Crippen molar-refractivity contribution in [3.8, 4) is 11.5 Å². The zero-order valence-electron chi connectivity index (χ0n) is 14.9. The number of aryl methyl sites for hydroxylation is 1. The Morgan fingerprint density at radius 3 is 2.60 bits per heavy atom. The quantitative estimate of drug-likeness (QED) is 0.799. The highest BCUT2D eigenvalue weighted by Crippen LogP contribution is 2.31. The Morgan fingerprint density at radius 1 is 1.12 bits per heavy atom. The maximum absolute atomic E-state index is 13.1. The van der Waals surface area contributed by atoms with E-state index >= 15 is 0 Å². The standard InChI is InChI=1S/C21H25NO3/c1-3-4-13-22(14-17-10-6-5-9-16(17)2)21(23)20-15-24-18-11-7-8-12-19(18)25-20/h5-12,20H,3-4,13-15H2,1-2H3/t20-/m1/s1. The second kappa shape index (κ2) is 8.06. The molecule has 4 heteroatoms. The predicted molar refractivity (Wildman–Crippen MR) is 97.9 cm³/mol. The summed E-state index contributed by atoms with van der Waals surface area (Å²) in [5.74, 6) is 1.33. The van der Waals surface area contributed by atoms with Gasteiger partial charge in [0.1, 0.15) is 6.61 Å². The van der Waals surface area contributed by atoms with Gasteiger partial charge in [0.15, 0.2) is 11.5 Å². The van der Waals surface area contributed by atoms with Gasteiger partial charge in [-0.25, -0.2) is 0 Å². The Bertz CT molecular complexity index is 729. The van der Waals surface area contributed by atoms with Crippen molar-refractivity contribution >= 4 is 5.91 Å². The molecule has 4 nitrogen and oxygen atoms in total. The number of amides is 1. The first kappa shape index (κ1) is 17.3. The molecule has 1 aliphatic heterocycles. The van der Waals surface area contributed by atoms with E-state index in [0.29, 0.717) is 18.0 Å². The molecule has 1 atom stereocenters. The third-order valence-electron chi connectivity index (χ3n) is 4.50. The van der Waals surface area contributed by atoms with Crippen molar-refractivity contribution < 1.29 is 14.3 Å². The van der Waals surface area contributed by atoms with Gasteiger partial charge in [0.05, 0.1) is 0 Å². The summed E-state index contributed by atoms with van der Waals surface area (Å²) in [5, 5.41) is 0. The van der Waals surface area contributed by atoms with E-state index in [0.717, 1.165) is 19.4 Å². The van der Waals surface area contributed by atoms with Crippen LogP contribution in [0.1, 0.15) is 30.9 Å². The summed E-state index contributed by atoms with van der Waals surface area (Å²) in [7, 11) is 0. The van der Waals surface area contributed by atoms with Crippen LogP contribution in [0.2, 0.25) is 0 Å². The lowest BCUT2D eigenvalue weighted by Crippen LogP contribution is -2.46. The summed E-state index contributed by atoms with van der Waals surface area (Å²) in [6.45, 7) is 5.80. The molecule has 0 saturated carbocycles. The Kier molecular flexibility index (Phi) is 5.59. The molecule has 3 rings (SSSR count). The molecule has 0 spiro atoms. The normalized spacial score (nSPS) is 15.7. The molecule has 0 aromatic heterocycles. The SMILES string of the molecule is CCCCN(Cc1ccccc1C)C(=O)[C@H]1COc2ccccc2O1. The largest absolute Gasteiger partial charge is 0.485 e. The number of hydrogen-bond acceptors (Lipinski definition) is 3. The second-order valence-corrected chi connectivity index (χ2v) is 6.40. The molecule has 2 aromatic carbocycles. The molecule has 0 N–H and O–H groups in total. The van der Waals surface area contributed by atoms with Crippen molar-refractivity contribution in [1.29, 1.82) is 0 Å². The van der Waals surface area contributed by atoms with Gasteiger partial charge < -0.3 is 14.4 Å². The molecule has 132 valence electrons. The molecule has 1 heterocycles. The molecule has 0 saturated heterocycles. The number of ether oxygens (including phenoxy) is 2. The summed E-state index contributed by atoms with van der Waals surface area (Å²) in [6.07, 6.45) is 1.43. The van der Waals surface area contributed by atoms with Crippen LogP contribution in [0, 0.1) is 6.92 Å². The number of fused-ring (bicyclic) bond motifs is 1. The third kappa shape index (κ3) is 4.13. The van der Waals surface area contributed by atoms with Crippen LogP contribution in [0.4, 0.5) is 0 Å². The molecule has 2 aromatic rings. The van der Waals surface area contributed by atoms with Crippen molar-refractivity contribution in [2.45, 2.75) is 39.3 Å². The van der Waals surface area contributed by atoms with Crippen LogP contribution >= 0.6 is 0 Å². The summed E-state index contributed by atoms with van der Waals surface area (Å²) < 4.78 is 11.6. The zero-order chi connectivity index (χ0) is 17.6. The molecule has 1 amide bonds. The Balaban J connectivity index is 1.74. The first-order chi connectivity index (χ1) is 12.2. The predicted octanol–water partition coefficient (Wildman–Crippen LogP) is 3.96. The minimum Gasteiger partial charge on any atom is -0.485 e. The summed E-state index contributed by atoms with van der Waals surface area (Å²) in [4.78, 5) is 14.9. The highest BCUT2D eigenvalue weighted by molar-refractivity contribution is 5.82. The van der Waals surface area contributed by atoms with Crippen LogP contribution in [0.25, 0.3) is 0 Å². The number of unbranched alkanes of at least 4 members (excludes halogenated alkanes) is 1. The van der Waals surface area contributed by atoms with Gasteiger partial charge in [0.2, 0.25) is 6.10 Å². The van der Waals surface area contributed by atoms with E-state index in [1.54, 1.807) is 0 Å². The van der Waals surface area contributed by atoms with Gasteiger partial charge in [-0.15, -0.1) is 0 Å². The van der Waals surface area contributed by atoms with E-state index in [1.165, 1.54) is 11.1 Å². The Labute approximate surface area is 149 Å². The topological polar surface area (TPSA) is 38.8 Å².